The number of benzene rings is 2. The third-order valence-corrected chi connectivity index (χ3v) is 5.90. The number of hydrogen-bond donors (Lipinski definition) is 3. The number of hydrogen-bond acceptors (Lipinski definition) is 5. The number of aliphatic hydroxyl groups excluding tert-OH is 1. The van der Waals surface area contributed by atoms with Crippen molar-refractivity contribution < 1.29 is 9.90 Å². The van der Waals surface area contributed by atoms with E-state index in [0.29, 0.717) is 23.6 Å². The van der Waals surface area contributed by atoms with Gasteiger partial charge in [-0.05, 0) is 41.5 Å². The van der Waals surface area contributed by atoms with Gasteiger partial charge >= 0.3 is 0 Å². The summed E-state index contributed by atoms with van der Waals surface area (Å²) in [7, 11) is 0. The van der Waals surface area contributed by atoms with Gasteiger partial charge in [-0.15, -0.1) is 12.3 Å². The highest BCUT2D eigenvalue weighted by molar-refractivity contribution is 5.91. The van der Waals surface area contributed by atoms with Crippen LogP contribution in [0.1, 0.15) is 47.7 Å². The Balaban J connectivity index is 1.83. The zero-order valence-electron chi connectivity index (χ0n) is 19.8. The molecule has 0 unspecified atom stereocenters. The van der Waals surface area contributed by atoms with Crippen molar-refractivity contribution in [1.29, 1.82) is 0 Å². The van der Waals surface area contributed by atoms with Crippen LogP contribution < -0.4 is 10.6 Å². The van der Waals surface area contributed by atoms with Crippen molar-refractivity contribution in [2.24, 2.45) is 0 Å². The number of aromatic nitrogens is 2. The Bertz CT molecular complexity index is 1290. The van der Waals surface area contributed by atoms with Crippen LogP contribution in [0.15, 0.2) is 103 Å². The van der Waals surface area contributed by atoms with Gasteiger partial charge in [-0.1, -0.05) is 60.7 Å². The molecule has 0 fully saturated rings. The lowest BCUT2D eigenvalue weighted by Crippen LogP contribution is -2.27. The third-order valence-electron chi connectivity index (χ3n) is 5.90. The molecule has 0 aliphatic rings. The molecule has 4 aromatic rings. The van der Waals surface area contributed by atoms with Gasteiger partial charge in [-0.25, -0.2) is 4.98 Å². The smallest absolute Gasteiger partial charge is 0.225 e. The Morgan fingerprint density at radius 1 is 0.889 bits per heavy atom. The number of rotatable bonds is 10. The van der Waals surface area contributed by atoms with Crippen molar-refractivity contribution in [2.45, 2.75) is 30.9 Å². The Labute approximate surface area is 211 Å². The molecule has 6 nitrogen and oxygen atoms in total. The van der Waals surface area contributed by atoms with E-state index >= 15 is 0 Å². The topological polar surface area (TPSA) is 87.1 Å². The number of amides is 1. The van der Waals surface area contributed by atoms with Gasteiger partial charge in [0.15, 0.2) is 0 Å². The summed E-state index contributed by atoms with van der Waals surface area (Å²) in [5, 5.41) is 18.2. The van der Waals surface area contributed by atoms with Crippen molar-refractivity contribution in [1.82, 2.24) is 9.97 Å². The number of carbonyl (C=O) groups is 1. The molecule has 4 rings (SSSR count). The minimum absolute atomic E-state index is 0.171. The summed E-state index contributed by atoms with van der Waals surface area (Å²) in [6.07, 6.45) is 8.44. The molecule has 3 atom stereocenters. The highest BCUT2D eigenvalue weighted by atomic mass is 16.3. The van der Waals surface area contributed by atoms with E-state index in [1.54, 1.807) is 12.4 Å². The minimum atomic E-state index is -0.896. The van der Waals surface area contributed by atoms with Gasteiger partial charge in [0.1, 0.15) is 5.82 Å². The lowest BCUT2D eigenvalue weighted by molar-refractivity contribution is -0.116. The first-order chi connectivity index (χ1) is 17.7. The molecule has 2 heterocycles. The van der Waals surface area contributed by atoms with Crippen LogP contribution in [0.2, 0.25) is 0 Å². The summed E-state index contributed by atoms with van der Waals surface area (Å²) in [6, 6.07) is 27.8. The van der Waals surface area contributed by atoms with E-state index < -0.39 is 18.1 Å². The molecule has 2 aromatic carbocycles. The lowest BCUT2D eigenvalue weighted by atomic mass is 9.82. The number of terminal acetylenes is 1. The van der Waals surface area contributed by atoms with Crippen molar-refractivity contribution in [3.63, 3.8) is 0 Å². The first-order valence-electron chi connectivity index (χ1n) is 11.8. The van der Waals surface area contributed by atoms with Gasteiger partial charge in [-0.3, -0.25) is 9.78 Å². The molecule has 1 amide bonds. The number of carbonyl (C=O) groups excluding carboxylic acids is 1. The molecule has 0 aliphatic heterocycles. The van der Waals surface area contributed by atoms with E-state index in [1.807, 2.05) is 91.0 Å². The quantitative estimate of drug-likeness (QED) is 0.263. The second-order valence-electron chi connectivity index (χ2n) is 8.31. The Morgan fingerprint density at radius 3 is 2.28 bits per heavy atom. The average molecular weight is 477 g/mol. The van der Waals surface area contributed by atoms with Crippen LogP contribution in [0.5, 0.6) is 0 Å². The van der Waals surface area contributed by atoms with Crippen LogP contribution in [-0.4, -0.2) is 21.0 Å². The largest absolute Gasteiger partial charge is 0.388 e. The lowest BCUT2D eigenvalue weighted by Gasteiger charge is -2.33. The fourth-order valence-corrected chi connectivity index (χ4v) is 4.19. The summed E-state index contributed by atoms with van der Waals surface area (Å²) < 4.78 is 0. The molecule has 3 N–H and O–H groups in total. The Kier molecular flexibility index (Phi) is 8.42. The predicted octanol–water partition coefficient (Wildman–Crippen LogP) is 5.50. The predicted molar refractivity (Wildman–Crippen MR) is 142 cm³/mol. The molecule has 2 aromatic heterocycles. The van der Waals surface area contributed by atoms with Crippen LogP contribution in [0, 0.1) is 12.3 Å². The zero-order chi connectivity index (χ0) is 25.2. The van der Waals surface area contributed by atoms with E-state index in [1.165, 1.54) is 0 Å². The van der Waals surface area contributed by atoms with Crippen LogP contribution in [0.25, 0.3) is 0 Å². The molecule has 6 heteroatoms. The molecule has 0 saturated heterocycles. The standard InChI is InChI=1S/C30H28N4O2/c1-2-3-19-27(35)33-24-16-8-7-15-23(24)29(34-26-18-10-12-21-32-26)28(25-17-9-11-20-31-25)30(36)22-13-5-4-6-14-22/h1,4-18,20-21,28-30,36H,3,19H2,(H,32,34)(H,33,35)/t28-,29+,30+/m0/s1. The summed E-state index contributed by atoms with van der Waals surface area (Å²) in [6.45, 7) is 0. The van der Waals surface area contributed by atoms with E-state index in [0.717, 1.165) is 11.1 Å². The Hall–Kier alpha value is -4.47. The number of nitrogens with one attached hydrogen (secondary N) is 2. The van der Waals surface area contributed by atoms with Gasteiger partial charge in [-0.2, -0.15) is 0 Å². The van der Waals surface area contributed by atoms with Crippen LogP contribution in [0.4, 0.5) is 11.5 Å². The maximum atomic E-state index is 12.6. The highest BCUT2D eigenvalue weighted by Crippen LogP contribution is 2.43. The van der Waals surface area contributed by atoms with E-state index in [9.17, 15) is 9.90 Å². The van der Waals surface area contributed by atoms with Crippen molar-refractivity contribution in [2.75, 3.05) is 10.6 Å². The number of pyridine rings is 2. The second kappa shape index (κ2) is 12.3. The van der Waals surface area contributed by atoms with Crippen LogP contribution >= 0.6 is 0 Å². The zero-order valence-corrected chi connectivity index (χ0v) is 19.8. The van der Waals surface area contributed by atoms with Gasteiger partial charge in [0.25, 0.3) is 0 Å². The molecular weight excluding hydrogens is 448 g/mol. The Morgan fingerprint density at radius 2 is 1.58 bits per heavy atom. The number of anilines is 2. The van der Waals surface area contributed by atoms with Crippen molar-refractivity contribution in [3.05, 3.63) is 120 Å². The van der Waals surface area contributed by atoms with Crippen molar-refractivity contribution >= 4 is 17.4 Å². The molecule has 0 saturated carbocycles. The molecule has 0 radical (unpaired) electrons. The normalized spacial score (nSPS) is 13.1. The number of para-hydroxylation sites is 1. The molecule has 36 heavy (non-hydrogen) atoms. The van der Waals surface area contributed by atoms with E-state index in [-0.39, 0.29) is 12.3 Å². The summed E-state index contributed by atoms with van der Waals surface area (Å²) in [5.41, 5.74) is 2.89. The van der Waals surface area contributed by atoms with Crippen LogP contribution in [-0.2, 0) is 4.79 Å². The minimum Gasteiger partial charge on any atom is -0.388 e. The monoisotopic (exact) mass is 476 g/mol. The first-order valence-corrected chi connectivity index (χ1v) is 11.8. The van der Waals surface area contributed by atoms with Crippen LogP contribution in [0.3, 0.4) is 0 Å². The fourth-order valence-electron chi connectivity index (χ4n) is 4.19. The summed E-state index contributed by atoms with van der Waals surface area (Å²) in [5.74, 6) is 2.45. The molecular formula is C30H28N4O2. The van der Waals surface area contributed by atoms with Gasteiger partial charge < -0.3 is 15.7 Å². The average Bonchev–Trinajstić information content (AvgIpc) is 2.93. The molecule has 0 bridgehead atoms. The fraction of sp³-hybridized carbons (Fsp3) is 0.167. The van der Waals surface area contributed by atoms with Gasteiger partial charge in [0, 0.05) is 36.6 Å². The van der Waals surface area contributed by atoms with Gasteiger partial charge in [0.2, 0.25) is 5.91 Å². The summed E-state index contributed by atoms with van der Waals surface area (Å²) >= 11 is 0. The van der Waals surface area contributed by atoms with Crippen molar-refractivity contribution in [3.8, 4) is 12.3 Å². The maximum Gasteiger partial charge on any atom is 0.225 e. The second-order valence-corrected chi connectivity index (χ2v) is 8.31. The molecule has 180 valence electrons. The van der Waals surface area contributed by atoms with E-state index in [2.05, 4.69) is 26.5 Å². The summed E-state index contributed by atoms with van der Waals surface area (Å²) in [4.78, 5) is 21.7. The molecule has 0 aliphatic carbocycles. The number of aliphatic hydroxyl groups is 1. The van der Waals surface area contributed by atoms with E-state index in [4.69, 9.17) is 6.42 Å². The SMILES string of the molecule is C#CCCC(=O)Nc1ccccc1[C@@H](Nc1ccccn1)[C@H](c1ccccn1)[C@H](O)c1ccccc1. The third kappa shape index (κ3) is 6.15. The van der Waals surface area contributed by atoms with Gasteiger partial charge in [0.05, 0.1) is 18.1 Å². The molecule has 0 spiro atoms. The highest BCUT2D eigenvalue weighted by Gasteiger charge is 2.35. The maximum absolute atomic E-state index is 12.6. The number of nitrogens with zero attached hydrogens (tertiary/aromatic N) is 2. The first kappa shape index (κ1) is 24.6.